The summed E-state index contributed by atoms with van der Waals surface area (Å²) < 4.78 is 22.2. The minimum Gasteiger partial charge on any atom is -0.458 e. The summed E-state index contributed by atoms with van der Waals surface area (Å²) in [6.45, 7) is 17.4. The average Bonchev–Trinajstić information content (AvgIpc) is 2.95. The maximum Gasteiger partial charge on any atom is 0.457 e. The molecule has 8 nitrogen and oxygen atoms in total. The Labute approximate surface area is 190 Å². The first-order valence-corrected chi connectivity index (χ1v) is 11.0. The highest BCUT2D eigenvalue weighted by atomic mass is 16.7. The fourth-order valence-electron chi connectivity index (χ4n) is 3.30. The topological polar surface area (TPSA) is 87.5 Å². The highest BCUT2D eigenvalue weighted by Crippen LogP contribution is 2.38. The molecule has 9 heteroatoms. The fourth-order valence-corrected chi connectivity index (χ4v) is 3.30. The normalized spacial score (nSPS) is 18.3. The van der Waals surface area contributed by atoms with Gasteiger partial charge in [-0.1, -0.05) is 36.8 Å². The molecule has 32 heavy (non-hydrogen) atoms. The summed E-state index contributed by atoms with van der Waals surface area (Å²) >= 11 is 0. The van der Waals surface area contributed by atoms with Crippen LogP contribution in [0, 0.1) is 6.57 Å². The van der Waals surface area contributed by atoms with Crippen molar-refractivity contribution in [3.63, 3.8) is 0 Å². The highest BCUT2D eigenvalue weighted by molar-refractivity contribution is 6.45. The van der Waals surface area contributed by atoms with Crippen LogP contribution in [0.3, 0.4) is 0 Å². The Kier molecular flexibility index (Phi) is 8.70. The molecule has 0 aromatic heterocycles. The third kappa shape index (κ3) is 6.47. The van der Waals surface area contributed by atoms with E-state index in [4.69, 9.17) is 25.4 Å². The first kappa shape index (κ1) is 25.7. The van der Waals surface area contributed by atoms with E-state index < -0.39 is 28.9 Å². The molecule has 174 valence electrons. The predicted octanol–water partition coefficient (Wildman–Crippen LogP) is 4.35. The van der Waals surface area contributed by atoms with E-state index >= 15 is 0 Å². The van der Waals surface area contributed by atoms with Gasteiger partial charge in [-0.3, -0.25) is 4.85 Å². The number of carbonyl (C=O) groups is 2. The van der Waals surface area contributed by atoms with Crippen molar-refractivity contribution in [3.05, 3.63) is 47.3 Å². The average molecular weight is 444 g/mol. The quantitative estimate of drug-likeness (QED) is 0.250. The van der Waals surface area contributed by atoms with E-state index in [1.807, 2.05) is 58.0 Å². The number of benzene rings is 1. The van der Waals surface area contributed by atoms with Gasteiger partial charge >= 0.3 is 24.8 Å². The lowest BCUT2D eigenvalue weighted by Gasteiger charge is -2.32. The van der Waals surface area contributed by atoms with Crippen LogP contribution in [0.4, 0.5) is 4.79 Å². The molecule has 1 fully saturated rings. The van der Waals surface area contributed by atoms with Crippen LogP contribution in [0.5, 0.6) is 0 Å². The van der Waals surface area contributed by atoms with Crippen LogP contribution in [-0.4, -0.2) is 42.7 Å². The second-order valence-electron chi connectivity index (χ2n) is 8.81. The number of nitrogens with one attached hydrogen (secondary N) is 1. The van der Waals surface area contributed by atoms with Crippen molar-refractivity contribution in [2.75, 3.05) is 6.61 Å². The van der Waals surface area contributed by atoms with Crippen LogP contribution in [0.1, 0.15) is 59.4 Å². The molecule has 1 aliphatic heterocycles. The van der Waals surface area contributed by atoms with Gasteiger partial charge in [0, 0.05) is 0 Å². The van der Waals surface area contributed by atoms with E-state index in [0.29, 0.717) is 19.2 Å². The van der Waals surface area contributed by atoms with Crippen LogP contribution < -0.4 is 5.32 Å². The Morgan fingerprint density at radius 1 is 1.09 bits per heavy atom. The number of carbonyl (C=O) groups excluding carboxylic acids is 2. The number of hydrogen-bond acceptors (Lipinski definition) is 6. The molecule has 1 amide bonds. The molecule has 1 saturated heterocycles. The van der Waals surface area contributed by atoms with Gasteiger partial charge in [-0.2, -0.15) is 0 Å². The third-order valence-corrected chi connectivity index (χ3v) is 5.86. The van der Waals surface area contributed by atoms with Crippen LogP contribution in [0.15, 0.2) is 30.3 Å². The number of esters is 1. The van der Waals surface area contributed by atoms with Crippen molar-refractivity contribution in [2.45, 2.75) is 83.7 Å². The zero-order valence-corrected chi connectivity index (χ0v) is 19.6. The van der Waals surface area contributed by atoms with Crippen molar-refractivity contribution in [2.24, 2.45) is 0 Å². The van der Waals surface area contributed by atoms with Crippen molar-refractivity contribution in [3.8, 4) is 0 Å². The molecule has 0 radical (unpaired) electrons. The van der Waals surface area contributed by atoms with Gasteiger partial charge in [0.25, 0.3) is 0 Å². The maximum absolute atomic E-state index is 12.6. The van der Waals surface area contributed by atoms with E-state index in [0.717, 1.165) is 5.56 Å². The fraction of sp³-hybridized carbons (Fsp3) is 0.609. The van der Waals surface area contributed by atoms with E-state index in [1.54, 1.807) is 6.92 Å². The Bertz CT molecular complexity index is 808. The Morgan fingerprint density at radius 2 is 1.72 bits per heavy atom. The minimum absolute atomic E-state index is 0.0332. The van der Waals surface area contributed by atoms with Crippen LogP contribution in [0.25, 0.3) is 4.85 Å². The lowest BCUT2D eigenvalue weighted by molar-refractivity contribution is -0.149. The molecule has 2 rings (SSSR count). The van der Waals surface area contributed by atoms with Crippen molar-refractivity contribution < 1.29 is 28.4 Å². The molecule has 0 aliphatic carbocycles. The van der Waals surface area contributed by atoms with E-state index in [9.17, 15) is 9.59 Å². The van der Waals surface area contributed by atoms with Crippen molar-refractivity contribution in [1.29, 1.82) is 0 Å². The second-order valence-corrected chi connectivity index (χ2v) is 8.81. The van der Waals surface area contributed by atoms with Gasteiger partial charge in [-0.05, 0) is 52.9 Å². The first-order valence-electron chi connectivity index (χ1n) is 11.0. The summed E-state index contributed by atoms with van der Waals surface area (Å²) in [4.78, 5) is 28.4. The Hall–Kier alpha value is -2.57. The van der Waals surface area contributed by atoms with Gasteiger partial charge in [0.2, 0.25) is 0 Å². The summed E-state index contributed by atoms with van der Waals surface area (Å²) in [6, 6.07) is 9.15. The standard InChI is InChI=1S/C23H33BN2O6/c1-7-29-19(27)23(25-6,26-20(28)30-17-18-13-9-8-10-14-18)15-11-12-16-24-31-21(2,3)22(4,5)32-24/h8-10,13-14H,7,11-12,15-17H2,1-5H3,(H,26,28). The van der Waals surface area contributed by atoms with Crippen LogP contribution in [0.2, 0.25) is 6.32 Å². The molecule has 1 aromatic rings. The SMILES string of the molecule is [C-]#[N+]C(CCCCB1OC(C)(C)C(C)(C)O1)(NC(=O)OCc1ccccc1)C(=O)OCC. The first-order chi connectivity index (χ1) is 15.0. The molecule has 1 atom stereocenters. The van der Waals surface area contributed by atoms with Crippen LogP contribution >= 0.6 is 0 Å². The number of nitrogens with zero attached hydrogens (tertiary/aromatic N) is 1. The molecule has 1 unspecified atom stereocenters. The van der Waals surface area contributed by atoms with Crippen molar-refractivity contribution in [1.82, 2.24) is 5.32 Å². The van der Waals surface area contributed by atoms with Gasteiger partial charge in [-0.15, -0.1) is 0 Å². The zero-order chi connectivity index (χ0) is 23.8. The Morgan fingerprint density at radius 3 is 2.28 bits per heavy atom. The molecular formula is C23H33BN2O6. The number of amides is 1. The molecule has 1 heterocycles. The number of alkyl carbamates (subject to hydrolysis) is 1. The smallest absolute Gasteiger partial charge is 0.457 e. The largest absolute Gasteiger partial charge is 0.458 e. The van der Waals surface area contributed by atoms with E-state index in [1.165, 1.54) is 0 Å². The Balaban J connectivity index is 1.93. The van der Waals surface area contributed by atoms with Gasteiger partial charge in [-0.25, -0.2) is 21.5 Å². The van der Waals surface area contributed by atoms with E-state index in [2.05, 4.69) is 10.2 Å². The van der Waals surface area contributed by atoms with Gasteiger partial charge in [0.05, 0.1) is 24.2 Å². The number of rotatable bonds is 10. The predicted molar refractivity (Wildman–Crippen MR) is 120 cm³/mol. The molecular weight excluding hydrogens is 411 g/mol. The highest BCUT2D eigenvalue weighted by Gasteiger charge is 2.51. The van der Waals surface area contributed by atoms with Gasteiger partial charge in [0.1, 0.15) is 6.61 Å². The third-order valence-electron chi connectivity index (χ3n) is 5.86. The van der Waals surface area contributed by atoms with Crippen LogP contribution in [-0.2, 0) is 30.2 Å². The molecule has 1 aromatic carbocycles. The number of unbranched alkanes of at least 4 members (excludes halogenated alkanes) is 1. The summed E-state index contributed by atoms with van der Waals surface area (Å²) in [5.41, 5.74) is -1.85. The van der Waals surface area contributed by atoms with E-state index in [-0.39, 0.29) is 26.8 Å². The molecule has 0 bridgehead atoms. The van der Waals surface area contributed by atoms with Gasteiger partial charge < -0.3 is 18.8 Å². The van der Waals surface area contributed by atoms with Crippen molar-refractivity contribution >= 4 is 19.2 Å². The summed E-state index contributed by atoms with van der Waals surface area (Å²) in [6.07, 6.45) is 1.000. The zero-order valence-electron chi connectivity index (χ0n) is 19.6. The molecule has 0 saturated carbocycles. The lowest BCUT2D eigenvalue weighted by atomic mass is 9.81. The summed E-state index contributed by atoms with van der Waals surface area (Å²) in [5.74, 6) is -0.790. The monoisotopic (exact) mass is 444 g/mol. The summed E-state index contributed by atoms with van der Waals surface area (Å²) in [5, 5.41) is 2.44. The van der Waals surface area contributed by atoms with Gasteiger partial charge in [0.15, 0.2) is 0 Å². The molecule has 0 spiro atoms. The maximum atomic E-state index is 12.6. The lowest BCUT2D eigenvalue weighted by Crippen LogP contribution is -2.53. The second kappa shape index (κ2) is 10.8. The number of hydrogen-bond donors (Lipinski definition) is 1. The molecule has 1 aliphatic rings. The molecule has 1 N–H and O–H groups in total. The number of ether oxygens (including phenoxy) is 2. The summed E-state index contributed by atoms with van der Waals surface area (Å²) in [7, 11) is -0.353. The minimum atomic E-state index is -1.83.